The highest BCUT2D eigenvalue weighted by molar-refractivity contribution is 6.03. The van der Waals surface area contributed by atoms with E-state index in [1.165, 1.54) is 0 Å². The van der Waals surface area contributed by atoms with Crippen LogP contribution in [0.1, 0.15) is 34.0 Å². The number of carbonyl (C=O) groups excluding carboxylic acids is 1. The lowest BCUT2D eigenvalue weighted by Gasteiger charge is -2.25. The zero-order chi connectivity index (χ0) is 11.2. The van der Waals surface area contributed by atoms with Crippen molar-refractivity contribution in [3.05, 3.63) is 28.3 Å². The lowest BCUT2D eigenvalue weighted by Crippen LogP contribution is -2.27. The molecule has 0 radical (unpaired) electrons. The van der Waals surface area contributed by atoms with Crippen molar-refractivity contribution in [1.82, 2.24) is 0 Å². The Morgan fingerprint density at radius 2 is 1.93 bits per heavy atom. The molecule has 1 aliphatic heterocycles. The van der Waals surface area contributed by atoms with Gasteiger partial charge in [0, 0.05) is 0 Å². The Hall–Kier alpha value is -1.31. The van der Waals surface area contributed by atoms with Crippen LogP contribution in [0.25, 0.3) is 0 Å². The highest BCUT2D eigenvalue weighted by Gasteiger charge is 2.28. The Morgan fingerprint density at radius 1 is 1.27 bits per heavy atom. The normalized spacial score (nSPS) is 19.7. The van der Waals surface area contributed by atoms with E-state index in [0.29, 0.717) is 6.61 Å². The molecule has 0 N–H and O–H groups in total. The summed E-state index contributed by atoms with van der Waals surface area (Å²) in [5.41, 5.74) is 4.09. The largest absolute Gasteiger partial charge is 0.492 e. The molecule has 2 rings (SSSR count). The number of hydrogen-bond acceptors (Lipinski definition) is 2. The Labute approximate surface area is 90.3 Å². The molecule has 0 spiro atoms. The third-order valence-electron chi connectivity index (χ3n) is 3.16. The second-order valence-electron chi connectivity index (χ2n) is 4.42. The van der Waals surface area contributed by atoms with E-state index >= 15 is 0 Å². The van der Waals surface area contributed by atoms with Crippen molar-refractivity contribution in [3.63, 3.8) is 0 Å². The average molecular weight is 204 g/mol. The first-order valence-corrected chi connectivity index (χ1v) is 5.30. The van der Waals surface area contributed by atoms with Crippen molar-refractivity contribution in [3.8, 4) is 5.75 Å². The van der Waals surface area contributed by atoms with Crippen LogP contribution >= 0.6 is 0 Å². The summed E-state index contributed by atoms with van der Waals surface area (Å²) >= 11 is 0. The summed E-state index contributed by atoms with van der Waals surface area (Å²) in [6.45, 7) is 8.45. The van der Waals surface area contributed by atoms with E-state index in [1.807, 2.05) is 27.7 Å². The number of fused-ring (bicyclic) bond motifs is 1. The number of aryl methyl sites for hydroxylation is 2. The van der Waals surface area contributed by atoms with Crippen molar-refractivity contribution in [2.45, 2.75) is 27.7 Å². The van der Waals surface area contributed by atoms with Gasteiger partial charge in [0.05, 0.1) is 18.1 Å². The molecular formula is C13H16O2. The van der Waals surface area contributed by atoms with Crippen LogP contribution < -0.4 is 4.74 Å². The van der Waals surface area contributed by atoms with Gasteiger partial charge >= 0.3 is 0 Å². The number of rotatable bonds is 0. The number of benzene rings is 1. The Morgan fingerprint density at radius 3 is 2.60 bits per heavy atom. The van der Waals surface area contributed by atoms with Crippen LogP contribution in [-0.4, -0.2) is 12.4 Å². The van der Waals surface area contributed by atoms with Crippen LogP contribution in [0, 0.1) is 26.7 Å². The number of ketones is 1. The highest BCUT2D eigenvalue weighted by atomic mass is 16.5. The Balaban J connectivity index is 2.70. The smallest absolute Gasteiger partial charge is 0.173 e. The van der Waals surface area contributed by atoms with E-state index in [1.54, 1.807) is 0 Å². The second-order valence-corrected chi connectivity index (χ2v) is 4.42. The standard InChI is InChI=1S/C13H16O2/c1-7-5-8(2)13-11(10(7)4)12(14)9(3)6-15-13/h5,9H,6H2,1-4H3. The molecule has 1 aromatic carbocycles. The Kier molecular flexibility index (Phi) is 2.29. The van der Waals surface area contributed by atoms with E-state index in [4.69, 9.17) is 4.74 Å². The fourth-order valence-electron chi connectivity index (χ4n) is 2.08. The van der Waals surface area contributed by atoms with Crippen molar-refractivity contribution >= 4 is 5.78 Å². The van der Waals surface area contributed by atoms with Gasteiger partial charge in [-0.05, 0) is 37.5 Å². The monoisotopic (exact) mass is 204 g/mol. The van der Waals surface area contributed by atoms with Crippen LogP contribution in [0.2, 0.25) is 0 Å². The maximum Gasteiger partial charge on any atom is 0.173 e. The van der Waals surface area contributed by atoms with E-state index in [0.717, 1.165) is 28.0 Å². The zero-order valence-electron chi connectivity index (χ0n) is 9.68. The number of ether oxygens (including phenoxy) is 1. The van der Waals surface area contributed by atoms with Gasteiger partial charge in [0.2, 0.25) is 0 Å². The molecule has 15 heavy (non-hydrogen) atoms. The predicted molar refractivity (Wildman–Crippen MR) is 59.6 cm³/mol. The van der Waals surface area contributed by atoms with Gasteiger partial charge in [-0.1, -0.05) is 13.0 Å². The average Bonchev–Trinajstić information content (AvgIpc) is 2.19. The van der Waals surface area contributed by atoms with Crippen molar-refractivity contribution in [2.75, 3.05) is 6.61 Å². The SMILES string of the molecule is Cc1cc(C)c2c(c1C)C(=O)C(C)CO2. The molecule has 2 nitrogen and oxygen atoms in total. The van der Waals surface area contributed by atoms with Crippen molar-refractivity contribution in [2.24, 2.45) is 5.92 Å². The lowest BCUT2D eigenvalue weighted by atomic mass is 9.89. The summed E-state index contributed by atoms with van der Waals surface area (Å²) in [5, 5.41) is 0. The van der Waals surface area contributed by atoms with E-state index in [2.05, 4.69) is 6.07 Å². The molecule has 0 saturated carbocycles. The summed E-state index contributed by atoms with van der Waals surface area (Å²) in [7, 11) is 0. The van der Waals surface area contributed by atoms with Gasteiger partial charge in [0.25, 0.3) is 0 Å². The van der Waals surface area contributed by atoms with Gasteiger partial charge < -0.3 is 4.74 Å². The first-order valence-electron chi connectivity index (χ1n) is 5.30. The van der Waals surface area contributed by atoms with Crippen molar-refractivity contribution in [1.29, 1.82) is 0 Å². The van der Waals surface area contributed by atoms with Crippen molar-refractivity contribution < 1.29 is 9.53 Å². The molecule has 80 valence electrons. The molecule has 0 aromatic heterocycles. The summed E-state index contributed by atoms with van der Waals surface area (Å²) in [5.74, 6) is 0.999. The summed E-state index contributed by atoms with van der Waals surface area (Å²) in [4.78, 5) is 12.1. The number of hydrogen-bond donors (Lipinski definition) is 0. The fourth-order valence-corrected chi connectivity index (χ4v) is 2.08. The molecule has 1 heterocycles. The van der Waals surface area contributed by atoms with Gasteiger partial charge in [-0.2, -0.15) is 0 Å². The summed E-state index contributed by atoms with van der Waals surface area (Å²) in [6, 6.07) is 2.08. The molecule has 1 aromatic rings. The molecule has 0 aliphatic carbocycles. The van der Waals surface area contributed by atoms with Gasteiger partial charge in [-0.25, -0.2) is 0 Å². The highest BCUT2D eigenvalue weighted by Crippen LogP contribution is 2.34. The predicted octanol–water partition coefficient (Wildman–Crippen LogP) is 2.82. The minimum absolute atomic E-state index is 0.0163. The van der Waals surface area contributed by atoms with Crippen LogP contribution in [0.3, 0.4) is 0 Å². The molecule has 1 atom stereocenters. The first-order chi connectivity index (χ1) is 7.02. The summed E-state index contributed by atoms with van der Waals surface area (Å²) in [6.07, 6.45) is 0. The molecule has 1 unspecified atom stereocenters. The number of Topliss-reactive ketones (excluding diaryl/α,β-unsaturated/α-hetero) is 1. The zero-order valence-corrected chi connectivity index (χ0v) is 9.68. The van der Waals surface area contributed by atoms with Crippen LogP contribution in [0.4, 0.5) is 0 Å². The van der Waals surface area contributed by atoms with Gasteiger partial charge in [-0.15, -0.1) is 0 Å². The minimum Gasteiger partial charge on any atom is -0.492 e. The van der Waals surface area contributed by atoms with Crippen LogP contribution in [-0.2, 0) is 0 Å². The minimum atomic E-state index is -0.0163. The van der Waals surface area contributed by atoms with Gasteiger partial charge in [-0.3, -0.25) is 4.79 Å². The fraction of sp³-hybridized carbons (Fsp3) is 0.462. The molecular weight excluding hydrogens is 188 g/mol. The van der Waals surface area contributed by atoms with E-state index < -0.39 is 0 Å². The van der Waals surface area contributed by atoms with Crippen LogP contribution in [0.15, 0.2) is 6.07 Å². The molecule has 1 aliphatic rings. The lowest BCUT2D eigenvalue weighted by molar-refractivity contribution is 0.0846. The quantitative estimate of drug-likeness (QED) is 0.649. The maximum atomic E-state index is 12.1. The molecule has 0 amide bonds. The molecule has 0 saturated heterocycles. The summed E-state index contributed by atoms with van der Waals surface area (Å²) < 4.78 is 5.65. The van der Waals surface area contributed by atoms with E-state index in [-0.39, 0.29) is 11.7 Å². The second kappa shape index (κ2) is 3.37. The topological polar surface area (TPSA) is 26.3 Å². The van der Waals surface area contributed by atoms with Crippen LogP contribution in [0.5, 0.6) is 5.75 Å². The number of carbonyl (C=O) groups is 1. The van der Waals surface area contributed by atoms with E-state index in [9.17, 15) is 4.79 Å². The van der Waals surface area contributed by atoms with Gasteiger partial charge in [0.1, 0.15) is 5.75 Å². The van der Waals surface area contributed by atoms with Gasteiger partial charge in [0.15, 0.2) is 5.78 Å². The third kappa shape index (κ3) is 1.44. The Bertz CT molecular complexity index is 433. The molecule has 2 heteroatoms. The third-order valence-corrected chi connectivity index (χ3v) is 3.16. The molecule has 0 fully saturated rings. The molecule has 0 bridgehead atoms. The first kappa shape index (κ1) is 10.2. The maximum absolute atomic E-state index is 12.1.